The third-order valence-corrected chi connectivity index (χ3v) is 1.33. The fourth-order valence-corrected chi connectivity index (χ4v) is 0.838. The van der Waals surface area contributed by atoms with Crippen LogP contribution in [0.4, 0.5) is 8.78 Å². The second-order valence-electron chi connectivity index (χ2n) is 1.96. The molecule has 0 heterocycles. The summed E-state index contributed by atoms with van der Waals surface area (Å²) in [5, 5.41) is 14.2. The average molecular weight is 158 g/mol. The van der Waals surface area contributed by atoms with Crippen LogP contribution in [0.1, 0.15) is 0 Å². The molecule has 11 heavy (non-hydrogen) atoms. The maximum Gasteiger partial charge on any atom is 0.432 e. The number of rotatable bonds is 0. The molecular formula is C6H5BF2O2. The summed E-state index contributed by atoms with van der Waals surface area (Å²) in [5.41, 5.74) is 0.894. The quantitative estimate of drug-likeness (QED) is 0.537. The van der Waals surface area contributed by atoms with E-state index in [9.17, 15) is 8.78 Å². The molecule has 0 saturated carbocycles. The van der Waals surface area contributed by atoms with Crippen molar-refractivity contribution in [3.8, 4) is 11.1 Å². The van der Waals surface area contributed by atoms with Gasteiger partial charge in [0.05, 0.1) is 5.56 Å². The highest BCUT2D eigenvalue weighted by atomic mass is 19.1. The van der Waals surface area contributed by atoms with Crippen LogP contribution in [-0.2, 0) is 0 Å². The van der Waals surface area contributed by atoms with E-state index in [0.29, 0.717) is 5.56 Å². The topological polar surface area (TPSA) is 40.5 Å². The fraction of sp³-hybridized carbons (Fsp3) is 0. The van der Waals surface area contributed by atoms with E-state index in [-0.39, 0.29) is 5.56 Å². The first-order chi connectivity index (χ1) is 5.20. The number of hydrogen-bond acceptors (Lipinski definition) is 2. The molecule has 0 spiro atoms. The summed E-state index contributed by atoms with van der Waals surface area (Å²) in [6.07, 6.45) is 0. The lowest BCUT2D eigenvalue weighted by molar-refractivity contribution is 0.448. The Morgan fingerprint density at radius 2 is 1.45 bits per heavy atom. The molecule has 0 aliphatic heterocycles. The summed E-state index contributed by atoms with van der Waals surface area (Å²) < 4.78 is 24.0. The summed E-state index contributed by atoms with van der Waals surface area (Å²) >= 11 is 0. The maximum absolute atomic E-state index is 12.0. The molecule has 0 aromatic rings. The van der Waals surface area contributed by atoms with Crippen LogP contribution < -0.4 is 0 Å². The third kappa shape index (κ3) is 1.24. The average Bonchev–Trinajstić information content (AvgIpc) is 1.86. The third-order valence-electron chi connectivity index (χ3n) is 1.33. The summed E-state index contributed by atoms with van der Waals surface area (Å²) in [7, 11) is -0.750. The zero-order valence-electron chi connectivity index (χ0n) is 5.51. The Bertz CT molecular complexity index is 254. The molecule has 0 atom stereocenters. The molecule has 2 nitrogen and oxygen atoms in total. The second kappa shape index (κ2) is 2.98. The van der Waals surface area contributed by atoms with Crippen molar-refractivity contribution in [1.82, 2.24) is 0 Å². The first-order valence-corrected chi connectivity index (χ1v) is 2.92. The van der Waals surface area contributed by atoms with Gasteiger partial charge in [0, 0.05) is 0 Å². The zero-order chi connectivity index (χ0) is 8.43. The van der Waals surface area contributed by atoms with Crippen molar-refractivity contribution >= 4 is 7.69 Å². The van der Waals surface area contributed by atoms with Gasteiger partial charge in [-0.15, -0.1) is 0 Å². The summed E-state index contributed by atoms with van der Waals surface area (Å²) in [6, 6.07) is 2.64. The molecule has 58 valence electrons. The van der Waals surface area contributed by atoms with E-state index in [1.165, 1.54) is 12.1 Å². The molecule has 0 bridgehead atoms. The van der Waals surface area contributed by atoms with Crippen molar-refractivity contribution in [3.63, 3.8) is 0 Å². The van der Waals surface area contributed by atoms with Crippen molar-refractivity contribution in [2.24, 2.45) is 0 Å². The van der Waals surface area contributed by atoms with Gasteiger partial charge in [-0.1, -0.05) is 0 Å². The SMILES string of the molecule is Fc1cc2cc(F)c1-2.OBO. The van der Waals surface area contributed by atoms with Gasteiger partial charge in [0.15, 0.2) is 0 Å². The lowest BCUT2D eigenvalue weighted by Crippen LogP contribution is -2.01. The highest BCUT2D eigenvalue weighted by Crippen LogP contribution is 2.38. The Labute approximate surface area is 62.4 Å². The number of benzene rings is 1. The molecule has 0 radical (unpaired) electrons. The first kappa shape index (κ1) is 8.16. The van der Waals surface area contributed by atoms with E-state index in [4.69, 9.17) is 10.0 Å². The van der Waals surface area contributed by atoms with Crippen LogP contribution >= 0.6 is 0 Å². The summed E-state index contributed by atoms with van der Waals surface area (Å²) in [4.78, 5) is 0. The molecule has 5 heteroatoms. The number of hydrogen-bond donors (Lipinski definition) is 2. The Morgan fingerprint density at radius 1 is 1.09 bits per heavy atom. The van der Waals surface area contributed by atoms with Crippen molar-refractivity contribution in [2.75, 3.05) is 0 Å². The smallest absolute Gasteiger partial charge is 0.430 e. The highest BCUT2D eigenvalue weighted by molar-refractivity contribution is 6.13. The van der Waals surface area contributed by atoms with Crippen LogP contribution in [-0.4, -0.2) is 17.7 Å². The van der Waals surface area contributed by atoms with Gasteiger partial charge >= 0.3 is 7.69 Å². The van der Waals surface area contributed by atoms with E-state index in [1.54, 1.807) is 0 Å². The number of fused-ring (bicyclic) bond motifs is 1. The lowest BCUT2D eigenvalue weighted by Gasteiger charge is -2.16. The van der Waals surface area contributed by atoms with Crippen molar-refractivity contribution in [3.05, 3.63) is 23.8 Å². The normalized spacial score (nSPS) is 9.82. The van der Waals surface area contributed by atoms with Crippen molar-refractivity contribution < 1.29 is 18.8 Å². The molecule has 2 aliphatic rings. The van der Waals surface area contributed by atoms with Gasteiger partial charge in [-0.25, -0.2) is 8.78 Å². The van der Waals surface area contributed by atoms with Gasteiger partial charge < -0.3 is 10.0 Å². The van der Waals surface area contributed by atoms with Crippen LogP contribution in [0, 0.1) is 11.6 Å². The first-order valence-electron chi connectivity index (χ1n) is 2.92. The Balaban J connectivity index is 0.000000179. The van der Waals surface area contributed by atoms with Crippen LogP contribution in [0.3, 0.4) is 0 Å². The largest absolute Gasteiger partial charge is 0.432 e. The van der Waals surface area contributed by atoms with Gasteiger partial charge in [-0.3, -0.25) is 0 Å². The summed E-state index contributed by atoms with van der Waals surface area (Å²) in [5.74, 6) is -0.833. The Kier molecular flexibility index (Phi) is 2.21. The molecule has 2 N–H and O–H groups in total. The van der Waals surface area contributed by atoms with Gasteiger partial charge in [0.1, 0.15) is 11.6 Å². The monoisotopic (exact) mass is 158 g/mol. The summed E-state index contributed by atoms with van der Waals surface area (Å²) in [6.45, 7) is 0. The van der Waals surface area contributed by atoms with E-state index < -0.39 is 19.3 Å². The predicted molar refractivity (Wildman–Crippen MR) is 36.9 cm³/mol. The van der Waals surface area contributed by atoms with Gasteiger partial charge in [-0.05, 0) is 17.7 Å². The van der Waals surface area contributed by atoms with Crippen molar-refractivity contribution in [2.45, 2.75) is 0 Å². The molecule has 2 rings (SSSR count). The molecule has 0 aromatic carbocycles. The predicted octanol–water partition coefficient (Wildman–Crippen LogP) is 0.183. The maximum atomic E-state index is 12.0. The highest BCUT2D eigenvalue weighted by Gasteiger charge is 2.23. The standard InChI is InChI=1S/C6H2F2.BH3O2/c7-4-1-3-2-5(8)6(3)4;2-1-3/h1-2H;1-3H. The second-order valence-corrected chi connectivity index (χ2v) is 1.96. The van der Waals surface area contributed by atoms with Gasteiger partial charge in [0.2, 0.25) is 0 Å². The van der Waals surface area contributed by atoms with Crippen LogP contribution in [0.25, 0.3) is 11.1 Å². The van der Waals surface area contributed by atoms with E-state index in [1.807, 2.05) is 0 Å². The Hall–Kier alpha value is -0.935. The minimum atomic E-state index is -0.750. The molecule has 0 amide bonds. The molecule has 0 fully saturated rings. The molecule has 2 aliphatic carbocycles. The number of halogens is 2. The minimum Gasteiger partial charge on any atom is -0.430 e. The van der Waals surface area contributed by atoms with E-state index >= 15 is 0 Å². The van der Waals surface area contributed by atoms with E-state index in [2.05, 4.69) is 0 Å². The van der Waals surface area contributed by atoms with Crippen LogP contribution in [0.5, 0.6) is 0 Å². The van der Waals surface area contributed by atoms with Crippen molar-refractivity contribution in [1.29, 1.82) is 0 Å². The molecule has 0 saturated heterocycles. The minimum absolute atomic E-state index is 0.185. The van der Waals surface area contributed by atoms with Crippen LogP contribution in [0.2, 0.25) is 0 Å². The van der Waals surface area contributed by atoms with E-state index in [0.717, 1.165) is 0 Å². The lowest BCUT2D eigenvalue weighted by atomic mass is 9.92. The van der Waals surface area contributed by atoms with Gasteiger partial charge in [-0.2, -0.15) is 0 Å². The zero-order valence-corrected chi connectivity index (χ0v) is 5.51. The van der Waals surface area contributed by atoms with Gasteiger partial charge in [0.25, 0.3) is 0 Å². The molecular weight excluding hydrogens is 153 g/mol. The fourth-order valence-electron chi connectivity index (χ4n) is 0.838. The molecule has 0 aromatic heterocycles. The Morgan fingerprint density at radius 3 is 1.55 bits per heavy atom. The molecule has 0 unspecified atom stereocenters. The van der Waals surface area contributed by atoms with Crippen LogP contribution in [0.15, 0.2) is 12.1 Å².